The van der Waals surface area contributed by atoms with E-state index in [0.29, 0.717) is 47.2 Å². The van der Waals surface area contributed by atoms with Gasteiger partial charge in [0, 0.05) is 27.7 Å². The number of likely N-dealkylation sites (N-methyl/N-ethyl adjacent to an activating group) is 1. The fourth-order valence-corrected chi connectivity index (χ4v) is 10.4. The largest absolute Gasteiger partial charge is 0.474 e. The lowest BCUT2D eigenvalue weighted by Crippen LogP contribution is -2.35. The van der Waals surface area contributed by atoms with Gasteiger partial charge in [0.2, 0.25) is 5.88 Å². The number of H-pyrrole nitrogens is 1. The Labute approximate surface area is 288 Å². The molecule has 4 atom stereocenters. The highest BCUT2D eigenvalue weighted by atomic mass is 32.1. The molecule has 49 heavy (non-hydrogen) atoms. The lowest BCUT2D eigenvalue weighted by molar-refractivity contribution is 0.227. The van der Waals surface area contributed by atoms with E-state index >= 15 is 0 Å². The molecule has 0 aromatic carbocycles. The van der Waals surface area contributed by atoms with Crippen LogP contribution in [0, 0.1) is 18.3 Å². The number of nitriles is 1. The maximum atomic E-state index is 10.2. The number of aromatic nitrogens is 7. The number of nitrogen functional groups attached to an aromatic ring is 1. The summed E-state index contributed by atoms with van der Waals surface area (Å²) in [5.41, 5.74) is 12.2. The van der Waals surface area contributed by atoms with E-state index in [2.05, 4.69) is 51.6 Å². The molecule has 0 bridgehead atoms. The van der Waals surface area contributed by atoms with Crippen molar-refractivity contribution < 1.29 is 9.26 Å². The fourth-order valence-electron chi connectivity index (χ4n) is 9.29. The molecule has 3 N–H and O–H groups in total. The van der Waals surface area contributed by atoms with Gasteiger partial charge in [0.1, 0.15) is 28.9 Å². The Balaban J connectivity index is 1.25. The summed E-state index contributed by atoms with van der Waals surface area (Å²) in [4.78, 5) is 16.5. The number of nitrogens with zero attached hydrogens (tertiary/aromatic N) is 9. The van der Waals surface area contributed by atoms with Crippen LogP contribution in [0.15, 0.2) is 10.7 Å². The van der Waals surface area contributed by atoms with Crippen LogP contribution in [0.25, 0.3) is 22.6 Å². The summed E-state index contributed by atoms with van der Waals surface area (Å²) in [7, 11) is 2.19. The van der Waals surface area contributed by atoms with Crippen molar-refractivity contribution in [2.45, 2.75) is 95.7 Å². The summed E-state index contributed by atoms with van der Waals surface area (Å²) in [5.74, 6) is 2.71. The third kappa shape index (κ3) is 4.40. The molecule has 2 aliphatic heterocycles. The first-order valence-electron chi connectivity index (χ1n) is 17.5. The number of rotatable bonds is 5. The van der Waals surface area contributed by atoms with Gasteiger partial charge in [-0.25, -0.2) is 14.6 Å². The number of aryl methyl sites for hydroxylation is 2. The Morgan fingerprint density at radius 3 is 2.76 bits per heavy atom. The molecule has 5 aromatic rings. The SMILES string of the molecule is Cc1[nH]ncc1[C@H](C)N1CCOc2nn([C@@H](C)[C@@H]3CCCN3C)c3nc(-c4noc5c4CCC[C@@]54CCCc5sc(N)c(C#N)c54)nc1c23. The molecule has 2 aliphatic carbocycles. The van der Waals surface area contributed by atoms with Crippen LogP contribution < -0.4 is 15.4 Å². The maximum absolute atomic E-state index is 10.2. The summed E-state index contributed by atoms with van der Waals surface area (Å²) in [6.45, 7) is 8.60. The van der Waals surface area contributed by atoms with Crippen LogP contribution in [0.4, 0.5) is 10.8 Å². The number of hydrogen-bond donors (Lipinski definition) is 2. The van der Waals surface area contributed by atoms with Crippen molar-refractivity contribution in [1.29, 1.82) is 5.26 Å². The smallest absolute Gasteiger partial charge is 0.246 e. The van der Waals surface area contributed by atoms with E-state index in [4.69, 9.17) is 35.2 Å². The number of aromatic amines is 1. The molecule has 4 aliphatic rings. The minimum Gasteiger partial charge on any atom is -0.474 e. The van der Waals surface area contributed by atoms with Crippen molar-refractivity contribution in [1.82, 2.24) is 40.0 Å². The van der Waals surface area contributed by atoms with Crippen LogP contribution in [-0.4, -0.2) is 72.8 Å². The van der Waals surface area contributed by atoms with E-state index in [1.807, 2.05) is 13.1 Å². The molecule has 1 spiro atoms. The molecule has 1 fully saturated rings. The normalized spacial score (nSPS) is 23.2. The van der Waals surface area contributed by atoms with E-state index in [1.165, 1.54) is 4.88 Å². The summed E-state index contributed by atoms with van der Waals surface area (Å²) < 4.78 is 14.8. The quantitative estimate of drug-likeness (QED) is 0.238. The topological polar surface area (TPSA) is 164 Å². The second-order valence-electron chi connectivity index (χ2n) is 14.3. The zero-order chi connectivity index (χ0) is 33.6. The van der Waals surface area contributed by atoms with Gasteiger partial charge < -0.3 is 24.8 Å². The molecule has 9 rings (SSSR count). The van der Waals surface area contributed by atoms with Crippen molar-refractivity contribution in [3.05, 3.63) is 44.8 Å². The summed E-state index contributed by atoms with van der Waals surface area (Å²) in [6.07, 6.45) is 9.63. The predicted octanol–water partition coefficient (Wildman–Crippen LogP) is 5.60. The van der Waals surface area contributed by atoms with E-state index in [0.717, 1.165) is 103 Å². The van der Waals surface area contributed by atoms with Gasteiger partial charge in [-0.05, 0) is 91.3 Å². The maximum Gasteiger partial charge on any atom is 0.246 e. The van der Waals surface area contributed by atoms with Crippen molar-refractivity contribution in [2.75, 3.05) is 37.4 Å². The Morgan fingerprint density at radius 1 is 1.16 bits per heavy atom. The predicted molar refractivity (Wildman–Crippen MR) is 186 cm³/mol. The van der Waals surface area contributed by atoms with Gasteiger partial charge in [-0.3, -0.25) is 5.10 Å². The van der Waals surface area contributed by atoms with E-state index in [1.54, 1.807) is 11.3 Å². The molecule has 14 heteroatoms. The van der Waals surface area contributed by atoms with E-state index in [9.17, 15) is 5.26 Å². The molecule has 7 heterocycles. The molecular weight excluding hydrogens is 639 g/mol. The highest BCUT2D eigenvalue weighted by molar-refractivity contribution is 7.16. The first-order valence-corrected chi connectivity index (χ1v) is 18.3. The van der Waals surface area contributed by atoms with Crippen LogP contribution >= 0.6 is 11.3 Å². The van der Waals surface area contributed by atoms with Crippen molar-refractivity contribution >= 4 is 33.2 Å². The van der Waals surface area contributed by atoms with Gasteiger partial charge in [-0.2, -0.15) is 10.4 Å². The van der Waals surface area contributed by atoms with Crippen molar-refractivity contribution in [3.8, 4) is 23.5 Å². The zero-order valence-electron chi connectivity index (χ0n) is 28.4. The number of fused-ring (bicyclic) bond motifs is 4. The van der Waals surface area contributed by atoms with Gasteiger partial charge in [0.05, 0.1) is 35.8 Å². The van der Waals surface area contributed by atoms with Gasteiger partial charge in [-0.15, -0.1) is 16.4 Å². The van der Waals surface area contributed by atoms with Gasteiger partial charge >= 0.3 is 0 Å². The monoisotopic (exact) mass is 679 g/mol. The van der Waals surface area contributed by atoms with Crippen LogP contribution in [0.3, 0.4) is 0 Å². The second-order valence-corrected chi connectivity index (χ2v) is 15.4. The number of likely N-dealkylation sites (tertiary alicyclic amines) is 1. The van der Waals surface area contributed by atoms with Gasteiger partial charge in [-0.1, -0.05) is 5.16 Å². The molecule has 13 nitrogen and oxygen atoms in total. The second kappa shape index (κ2) is 11.3. The summed E-state index contributed by atoms with van der Waals surface area (Å²) in [6, 6.07) is 2.79. The molecule has 0 saturated carbocycles. The minimum absolute atomic E-state index is 0.0374. The third-order valence-corrected chi connectivity index (χ3v) is 12.8. The number of nitrogens with two attached hydrogens (primary N) is 1. The first kappa shape index (κ1) is 30.6. The Bertz CT molecular complexity index is 2130. The summed E-state index contributed by atoms with van der Waals surface area (Å²) >= 11 is 1.55. The standard InChI is InChI=1S/C35H41N11O2S/c1-18-23(17-38-41-18)19(2)45-14-15-47-34-26-32(45)39-31(40-33(26)46(42-34)20(3)24-9-7-13-44(24)4)28-21-8-5-11-35(29(21)48-43-28)12-6-10-25-27(35)22(16-36)30(37)49-25/h17,19-20,24H,5-15,37H2,1-4H3,(H,38,41)/t19-,20-,24-,35-/m0/s1. The van der Waals surface area contributed by atoms with Crippen LogP contribution in [0.2, 0.25) is 0 Å². The van der Waals surface area contributed by atoms with Crippen molar-refractivity contribution in [3.63, 3.8) is 0 Å². The average molecular weight is 680 g/mol. The molecule has 5 aromatic heterocycles. The highest BCUT2D eigenvalue weighted by Gasteiger charge is 2.49. The Morgan fingerprint density at radius 2 is 2.00 bits per heavy atom. The van der Waals surface area contributed by atoms with Gasteiger partial charge in [0.25, 0.3) is 0 Å². The highest BCUT2D eigenvalue weighted by Crippen LogP contribution is 2.55. The number of anilines is 2. The molecule has 1 saturated heterocycles. The lowest BCUT2D eigenvalue weighted by Gasteiger charge is -2.39. The molecule has 0 unspecified atom stereocenters. The fraction of sp³-hybridized carbons (Fsp3) is 0.543. The zero-order valence-corrected chi connectivity index (χ0v) is 29.2. The average Bonchev–Trinajstić information content (AvgIpc) is 3.92. The van der Waals surface area contributed by atoms with Crippen LogP contribution in [0.5, 0.6) is 5.88 Å². The molecule has 0 amide bonds. The van der Waals surface area contributed by atoms with Crippen LogP contribution in [0.1, 0.15) is 103 Å². The third-order valence-electron chi connectivity index (χ3n) is 11.7. The Kier molecular flexibility index (Phi) is 7.04. The molecular formula is C35H41N11O2S. The minimum atomic E-state index is -0.425. The number of ether oxygens (including phenoxy) is 1. The van der Waals surface area contributed by atoms with Gasteiger partial charge in [0.15, 0.2) is 22.9 Å². The molecule has 0 radical (unpaired) electrons. The number of thiophene rings is 1. The number of hydrogen-bond acceptors (Lipinski definition) is 12. The summed E-state index contributed by atoms with van der Waals surface area (Å²) in [5, 5.41) is 28.9. The van der Waals surface area contributed by atoms with E-state index in [-0.39, 0.29) is 12.1 Å². The van der Waals surface area contributed by atoms with Crippen molar-refractivity contribution in [2.24, 2.45) is 0 Å². The lowest BCUT2D eigenvalue weighted by atomic mass is 9.63. The Hall–Kier alpha value is -4.48. The number of nitrogens with one attached hydrogen (secondary N) is 1. The van der Waals surface area contributed by atoms with Crippen LogP contribution in [-0.2, 0) is 18.3 Å². The molecule has 254 valence electrons. The van der Waals surface area contributed by atoms with E-state index < -0.39 is 5.41 Å². The first-order chi connectivity index (χ1) is 23.8.